The number of hydrogen-bond acceptors (Lipinski definition) is 2. The number of carbonyl (C=O) groups excluding carboxylic acids is 1. The van der Waals surface area contributed by atoms with Crippen LogP contribution in [0.2, 0.25) is 0 Å². The molecule has 0 spiro atoms. The molecule has 150 valence electrons. The number of nitrogens with zero attached hydrogens (tertiary/aromatic N) is 1. The van der Waals surface area contributed by atoms with Crippen LogP contribution in [0.25, 0.3) is 0 Å². The second kappa shape index (κ2) is 7.40. The molecule has 1 aromatic rings. The van der Waals surface area contributed by atoms with E-state index in [9.17, 15) is 35.9 Å². The lowest BCUT2D eigenvalue weighted by molar-refractivity contribution is -0.188. The van der Waals surface area contributed by atoms with Gasteiger partial charge in [0.2, 0.25) is 5.91 Å². The maximum absolute atomic E-state index is 13.0. The van der Waals surface area contributed by atoms with Crippen molar-refractivity contribution in [2.75, 3.05) is 13.1 Å². The van der Waals surface area contributed by atoms with Gasteiger partial charge in [0.05, 0.1) is 17.4 Å². The smallest absolute Gasteiger partial charge is 0.416 e. The second-order valence-corrected chi connectivity index (χ2v) is 6.62. The van der Waals surface area contributed by atoms with Gasteiger partial charge in [0, 0.05) is 19.5 Å². The van der Waals surface area contributed by atoms with Crippen molar-refractivity contribution in [1.29, 1.82) is 0 Å². The van der Waals surface area contributed by atoms with Crippen LogP contribution in [0.5, 0.6) is 0 Å². The van der Waals surface area contributed by atoms with Crippen LogP contribution >= 0.6 is 0 Å². The van der Waals surface area contributed by atoms with Crippen LogP contribution < -0.4 is 0 Å². The van der Waals surface area contributed by atoms with E-state index < -0.39 is 60.6 Å². The Morgan fingerprint density at radius 1 is 1.11 bits per heavy atom. The first-order chi connectivity index (χ1) is 12.3. The quantitative estimate of drug-likeness (QED) is 0.784. The molecular formula is C17H17F6NO3. The number of likely N-dealkylation sites (tertiary alicyclic amines) is 1. The Hall–Kier alpha value is -2.26. The van der Waals surface area contributed by atoms with Crippen molar-refractivity contribution in [3.8, 4) is 0 Å². The number of carbonyl (C=O) groups is 2. The molecule has 1 aliphatic heterocycles. The summed E-state index contributed by atoms with van der Waals surface area (Å²) in [6.45, 7) is 0.281. The SMILES string of the molecule is CC(CC(=O)N1C[C@@H](C(F)(F)F)[C@H](C(=O)O)C1)c1ccc(C(F)(F)F)cc1. The number of carboxylic acids is 1. The molecule has 1 aromatic carbocycles. The van der Waals surface area contributed by atoms with Crippen LogP contribution in [0.15, 0.2) is 24.3 Å². The Morgan fingerprint density at radius 3 is 2.07 bits per heavy atom. The number of hydrogen-bond donors (Lipinski definition) is 1. The minimum Gasteiger partial charge on any atom is -0.481 e. The zero-order valence-corrected chi connectivity index (χ0v) is 14.1. The summed E-state index contributed by atoms with van der Waals surface area (Å²) in [7, 11) is 0. The van der Waals surface area contributed by atoms with Gasteiger partial charge in [-0.3, -0.25) is 9.59 Å². The lowest BCUT2D eigenvalue weighted by atomic mass is 9.96. The first-order valence-corrected chi connectivity index (χ1v) is 8.05. The number of halogens is 6. The number of rotatable bonds is 4. The Morgan fingerprint density at radius 2 is 1.67 bits per heavy atom. The third-order valence-corrected chi connectivity index (χ3v) is 4.70. The molecule has 1 fully saturated rings. The van der Waals surface area contributed by atoms with E-state index in [4.69, 9.17) is 5.11 Å². The summed E-state index contributed by atoms with van der Waals surface area (Å²) in [6.07, 6.45) is -9.47. The maximum Gasteiger partial charge on any atom is 0.416 e. The van der Waals surface area contributed by atoms with Crippen LogP contribution in [-0.4, -0.2) is 41.1 Å². The fraction of sp³-hybridized carbons (Fsp3) is 0.529. The monoisotopic (exact) mass is 397 g/mol. The average molecular weight is 397 g/mol. The molecule has 0 saturated carbocycles. The lowest BCUT2D eigenvalue weighted by Crippen LogP contribution is -2.34. The van der Waals surface area contributed by atoms with E-state index in [2.05, 4.69) is 0 Å². The maximum atomic E-state index is 13.0. The molecule has 0 aromatic heterocycles. The summed E-state index contributed by atoms with van der Waals surface area (Å²) in [5.41, 5.74) is -0.417. The summed E-state index contributed by atoms with van der Waals surface area (Å²) in [5, 5.41) is 8.97. The van der Waals surface area contributed by atoms with Gasteiger partial charge in [-0.25, -0.2) is 0 Å². The molecule has 1 N–H and O–H groups in total. The van der Waals surface area contributed by atoms with Crippen molar-refractivity contribution in [3.05, 3.63) is 35.4 Å². The van der Waals surface area contributed by atoms with Gasteiger partial charge < -0.3 is 10.0 Å². The van der Waals surface area contributed by atoms with Gasteiger partial charge in [-0.05, 0) is 23.6 Å². The summed E-state index contributed by atoms with van der Waals surface area (Å²) >= 11 is 0. The molecule has 27 heavy (non-hydrogen) atoms. The standard InChI is InChI=1S/C17H17F6NO3/c1-9(10-2-4-11(5-3-10)16(18,19)20)6-14(25)24-7-12(15(26)27)13(8-24)17(21,22)23/h2-5,9,12-13H,6-8H2,1H3,(H,26,27)/t9?,12-,13-/m1/s1. The fourth-order valence-corrected chi connectivity index (χ4v) is 3.10. The molecule has 4 nitrogen and oxygen atoms in total. The van der Waals surface area contributed by atoms with E-state index in [1.54, 1.807) is 6.92 Å². The van der Waals surface area contributed by atoms with Crippen molar-refractivity contribution >= 4 is 11.9 Å². The summed E-state index contributed by atoms with van der Waals surface area (Å²) in [6, 6.07) is 4.16. The van der Waals surface area contributed by atoms with Crippen molar-refractivity contribution in [2.24, 2.45) is 11.8 Å². The van der Waals surface area contributed by atoms with Crippen molar-refractivity contribution in [2.45, 2.75) is 31.6 Å². The molecule has 1 unspecified atom stereocenters. The molecule has 1 heterocycles. The number of benzene rings is 1. The largest absolute Gasteiger partial charge is 0.481 e. The Bertz CT molecular complexity index is 698. The van der Waals surface area contributed by atoms with Gasteiger partial charge in [0.25, 0.3) is 0 Å². The normalized spacial score (nSPS) is 22.0. The second-order valence-electron chi connectivity index (χ2n) is 6.62. The fourth-order valence-electron chi connectivity index (χ4n) is 3.10. The van der Waals surface area contributed by atoms with Crippen LogP contribution in [0.4, 0.5) is 26.3 Å². The predicted molar refractivity (Wildman–Crippen MR) is 81.7 cm³/mol. The molecule has 0 bridgehead atoms. The zero-order valence-electron chi connectivity index (χ0n) is 14.1. The highest BCUT2D eigenvalue weighted by atomic mass is 19.4. The van der Waals surface area contributed by atoms with Crippen LogP contribution in [0.3, 0.4) is 0 Å². The molecule has 1 amide bonds. The molecule has 1 saturated heterocycles. The van der Waals surface area contributed by atoms with Crippen molar-refractivity contribution < 1.29 is 41.0 Å². The summed E-state index contributed by atoms with van der Waals surface area (Å²) in [5.74, 6) is -6.69. The Labute approximate surface area is 150 Å². The number of carboxylic acid groups (broad SMARTS) is 1. The van der Waals surface area contributed by atoms with Gasteiger partial charge >= 0.3 is 18.3 Å². The molecular weight excluding hydrogens is 380 g/mol. The van der Waals surface area contributed by atoms with E-state index in [0.29, 0.717) is 5.56 Å². The third-order valence-electron chi connectivity index (χ3n) is 4.70. The predicted octanol–water partition coefficient (Wildman–Crippen LogP) is 3.92. The van der Waals surface area contributed by atoms with E-state index in [1.807, 2.05) is 0 Å². The molecule has 2 rings (SSSR count). The van der Waals surface area contributed by atoms with Crippen LogP contribution in [0.1, 0.15) is 30.4 Å². The first kappa shape index (κ1) is 21.0. The zero-order chi connectivity index (χ0) is 20.6. The van der Waals surface area contributed by atoms with E-state index in [0.717, 1.165) is 17.0 Å². The average Bonchev–Trinajstić information content (AvgIpc) is 3.00. The topological polar surface area (TPSA) is 57.6 Å². The Balaban J connectivity index is 2.05. The lowest BCUT2D eigenvalue weighted by Gasteiger charge is -2.20. The van der Waals surface area contributed by atoms with Gasteiger partial charge in [-0.2, -0.15) is 26.3 Å². The summed E-state index contributed by atoms with van der Waals surface area (Å²) in [4.78, 5) is 24.2. The van der Waals surface area contributed by atoms with Crippen LogP contribution in [0, 0.1) is 11.8 Å². The van der Waals surface area contributed by atoms with E-state index >= 15 is 0 Å². The van der Waals surface area contributed by atoms with Gasteiger partial charge in [-0.1, -0.05) is 19.1 Å². The third kappa shape index (κ3) is 4.92. The molecule has 0 radical (unpaired) electrons. The van der Waals surface area contributed by atoms with Gasteiger partial charge in [0.15, 0.2) is 0 Å². The number of amides is 1. The van der Waals surface area contributed by atoms with E-state index in [-0.39, 0.29) is 6.42 Å². The number of aliphatic carboxylic acids is 1. The van der Waals surface area contributed by atoms with E-state index in [1.165, 1.54) is 12.1 Å². The molecule has 0 aliphatic carbocycles. The van der Waals surface area contributed by atoms with Crippen LogP contribution in [-0.2, 0) is 15.8 Å². The van der Waals surface area contributed by atoms with Gasteiger partial charge in [0.1, 0.15) is 0 Å². The van der Waals surface area contributed by atoms with Gasteiger partial charge in [-0.15, -0.1) is 0 Å². The number of alkyl halides is 6. The highest BCUT2D eigenvalue weighted by molar-refractivity contribution is 5.79. The van der Waals surface area contributed by atoms with Crippen molar-refractivity contribution in [3.63, 3.8) is 0 Å². The molecule has 3 atom stereocenters. The Kier molecular flexibility index (Phi) is 5.77. The molecule has 10 heteroatoms. The van der Waals surface area contributed by atoms with Crippen molar-refractivity contribution in [1.82, 2.24) is 4.90 Å². The molecule has 1 aliphatic rings. The highest BCUT2D eigenvalue weighted by Gasteiger charge is 2.53. The minimum absolute atomic E-state index is 0.234. The minimum atomic E-state index is -4.74. The summed E-state index contributed by atoms with van der Waals surface area (Å²) < 4.78 is 76.6. The highest BCUT2D eigenvalue weighted by Crippen LogP contribution is 2.38. The first-order valence-electron chi connectivity index (χ1n) is 8.05.